The molecule has 1 saturated carbocycles. The van der Waals surface area contributed by atoms with Gasteiger partial charge in [-0.05, 0) is 36.5 Å². The van der Waals surface area contributed by atoms with E-state index in [2.05, 4.69) is 0 Å². The molecule has 1 aromatic rings. The zero-order chi connectivity index (χ0) is 11.1. The van der Waals surface area contributed by atoms with Gasteiger partial charge >= 0.3 is 5.97 Å². The molecule has 80 valence electrons. The number of benzene rings is 1. The molecule has 0 saturated heterocycles. The van der Waals surface area contributed by atoms with Gasteiger partial charge in [-0.3, -0.25) is 0 Å². The van der Waals surface area contributed by atoms with Crippen LogP contribution in [0.3, 0.4) is 0 Å². The Hall–Kier alpha value is -1.06. The Morgan fingerprint density at radius 3 is 2.33 bits per heavy atom. The predicted octanol–water partition coefficient (Wildman–Crippen LogP) is 1.99. The van der Waals surface area contributed by atoms with Crippen molar-refractivity contribution in [2.45, 2.75) is 18.4 Å². The fourth-order valence-corrected chi connectivity index (χ4v) is 1.92. The maximum Gasteiger partial charge on any atom is 0.328 e. The van der Waals surface area contributed by atoms with Crippen molar-refractivity contribution in [2.75, 3.05) is 0 Å². The van der Waals surface area contributed by atoms with Crippen molar-refractivity contribution in [3.63, 3.8) is 0 Å². The van der Waals surface area contributed by atoms with Gasteiger partial charge in [0, 0.05) is 5.02 Å². The van der Waals surface area contributed by atoms with Crippen molar-refractivity contribution in [3.8, 4) is 0 Å². The third-order valence-corrected chi connectivity index (χ3v) is 3.15. The lowest BCUT2D eigenvalue weighted by Crippen LogP contribution is -2.46. The third kappa shape index (κ3) is 1.73. The van der Waals surface area contributed by atoms with E-state index in [9.17, 15) is 9.90 Å². The van der Waals surface area contributed by atoms with Crippen molar-refractivity contribution in [1.29, 1.82) is 0 Å². The summed E-state index contributed by atoms with van der Waals surface area (Å²) in [5.74, 6) is -0.913. The van der Waals surface area contributed by atoms with E-state index < -0.39 is 11.5 Å². The average Bonchev–Trinajstić information content (AvgIpc) is 3.00. The van der Waals surface area contributed by atoms with Crippen LogP contribution in [-0.2, 0) is 10.3 Å². The van der Waals surface area contributed by atoms with E-state index in [1.807, 2.05) is 0 Å². The molecule has 15 heavy (non-hydrogen) atoms. The second kappa shape index (κ2) is 3.51. The summed E-state index contributed by atoms with van der Waals surface area (Å²) in [7, 11) is 0. The number of nitrogens with two attached hydrogens (primary N) is 1. The summed E-state index contributed by atoms with van der Waals surface area (Å²) in [6.07, 6.45) is 1.76. The van der Waals surface area contributed by atoms with E-state index >= 15 is 0 Å². The molecule has 1 aromatic carbocycles. The Labute approximate surface area is 92.8 Å². The Morgan fingerprint density at radius 1 is 1.40 bits per heavy atom. The monoisotopic (exact) mass is 225 g/mol. The van der Waals surface area contributed by atoms with Crippen molar-refractivity contribution in [3.05, 3.63) is 34.9 Å². The van der Waals surface area contributed by atoms with E-state index in [1.165, 1.54) is 0 Å². The highest BCUT2D eigenvalue weighted by molar-refractivity contribution is 6.30. The zero-order valence-corrected chi connectivity index (χ0v) is 8.87. The summed E-state index contributed by atoms with van der Waals surface area (Å²) in [4.78, 5) is 11.2. The van der Waals surface area contributed by atoms with Crippen molar-refractivity contribution < 1.29 is 9.90 Å². The maximum absolute atomic E-state index is 11.2. The van der Waals surface area contributed by atoms with Gasteiger partial charge in [0.05, 0.1) is 0 Å². The summed E-state index contributed by atoms with van der Waals surface area (Å²) in [5.41, 5.74) is 5.36. The maximum atomic E-state index is 11.2. The quantitative estimate of drug-likeness (QED) is 0.827. The Morgan fingerprint density at radius 2 is 1.93 bits per heavy atom. The molecule has 1 atom stereocenters. The summed E-state index contributed by atoms with van der Waals surface area (Å²) >= 11 is 5.75. The van der Waals surface area contributed by atoms with Gasteiger partial charge in [-0.25, -0.2) is 4.79 Å². The van der Waals surface area contributed by atoms with Crippen LogP contribution in [0, 0.1) is 5.92 Å². The topological polar surface area (TPSA) is 63.3 Å². The lowest BCUT2D eigenvalue weighted by Gasteiger charge is -2.25. The summed E-state index contributed by atoms with van der Waals surface area (Å²) in [6, 6.07) is 6.72. The lowest BCUT2D eigenvalue weighted by molar-refractivity contribution is -0.144. The second-order valence-corrected chi connectivity index (χ2v) is 4.39. The molecular weight excluding hydrogens is 214 g/mol. The Bertz CT molecular complexity index is 386. The van der Waals surface area contributed by atoms with Crippen LogP contribution in [0.5, 0.6) is 0 Å². The van der Waals surface area contributed by atoms with Crippen LogP contribution < -0.4 is 5.73 Å². The number of hydrogen-bond donors (Lipinski definition) is 2. The molecule has 1 aliphatic carbocycles. The predicted molar refractivity (Wildman–Crippen MR) is 57.7 cm³/mol. The number of carbonyl (C=O) groups is 1. The molecule has 0 aromatic heterocycles. The van der Waals surface area contributed by atoms with E-state index in [1.54, 1.807) is 24.3 Å². The summed E-state index contributed by atoms with van der Waals surface area (Å²) in [5, 5.41) is 9.79. The molecule has 2 rings (SSSR count). The molecule has 0 aliphatic heterocycles. The molecule has 1 fully saturated rings. The number of rotatable bonds is 3. The van der Waals surface area contributed by atoms with Gasteiger partial charge in [0.15, 0.2) is 0 Å². The molecule has 0 bridgehead atoms. The molecule has 0 amide bonds. The number of halogens is 1. The minimum absolute atomic E-state index is 0.0520. The SMILES string of the molecule is NC(C(=O)O)(c1ccc(Cl)cc1)C1CC1. The number of hydrogen-bond acceptors (Lipinski definition) is 2. The molecule has 1 aliphatic rings. The highest BCUT2D eigenvalue weighted by Gasteiger charge is 2.49. The van der Waals surface area contributed by atoms with E-state index in [0.29, 0.717) is 10.6 Å². The molecule has 3 N–H and O–H groups in total. The third-order valence-electron chi connectivity index (χ3n) is 2.90. The van der Waals surface area contributed by atoms with Crippen molar-refractivity contribution in [2.24, 2.45) is 11.7 Å². The second-order valence-electron chi connectivity index (χ2n) is 3.96. The highest BCUT2D eigenvalue weighted by Crippen LogP contribution is 2.44. The van der Waals surface area contributed by atoms with Gasteiger partial charge in [-0.1, -0.05) is 23.7 Å². The Balaban J connectivity index is 2.40. The fraction of sp³-hybridized carbons (Fsp3) is 0.364. The van der Waals surface area contributed by atoms with E-state index in [-0.39, 0.29) is 5.92 Å². The van der Waals surface area contributed by atoms with Gasteiger partial charge in [-0.2, -0.15) is 0 Å². The van der Waals surface area contributed by atoms with Crippen molar-refractivity contribution in [1.82, 2.24) is 0 Å². The number of carboxylic acid groups (broad SMARTS) is 1. The molecule has 4 heteroatoms. The van der Waals surface area contributed by atoms with Gasteiger partial charge < -0.3 is 10.8 Å². The molecule has 1 unspecified atom stereocenters. The normalized spacial score (nSPS) is 19.6. The van der Waals surface area contributed by atoms with Crippen LogP contribution in [-0.4, -0.2) is 11.1 Å². The number of carboxylic acids is 1. The van der Waals surface area contributed by atoms with Crippen molar-refractivity contribution >= 4 is 17.6 Å². The van der Waals surface area contributed by atoms with Crippen LogP contribution in [0.25, 0.3) is 0 Å². The first-order chi connectivity index (χ1) is 7.05. The summed E-state index contributed by atoms with van der Waals surface area (Å²) < 4.78 is 0. The minimum Gasteiger partial charge on any atom is -0.480 e. The van der Waals surface area contributed by atoms with Crippen LogP contribution in [0.2, 0.25) is 5.02 Å². The van der Waals surface area contributed by atoms with Gasteiger partial charge in [-0.15, -0.1) is 0 Å². The van der Waals surface area contributed by atoms with E-state index in [4.69, 9.17) is 17.3 Å². The minimum atomic E-state index is -1.25. The average molecular weight is 226 g/mol. The first kappa shape index (κ1) is 10.5. The number of aliphatic carboxylic acids is 1. The van der Waals surface area contributed by atoms with Crippen LogP contribution in [0.15, 0.2) is 24.3 Å². The first-order valence-electron chi connectivity index (χ1n) is 4.83. The van der Waals surface area contributed by atoms with Gasteiger partial charge in [0.1, 0.15) is 5.54 Å². The highest BCUT2D eigenvalue weighted by atomic mass is 35.5. The van der Waals surface area contributed by atoms with Crippen LogP contribution >= 0.6 is 11.6 Å². The molecule has 3 nitrogen and oxygen atoms in total. The summed E-state index contributed by atoms with van der Waals surface area (Å²) in [6.45, 7) is 0. The standard InChI is InChI=1S/C11H12ClNO2/c12-9-5-3-8(4-6-9)11(13,10(14)15)7-1-2-7/h3-7H,1-2,13H2,(H,14,15). The van der Waals surface area contributed by atoms with Crippen LogP contribution in [0.1, 0.15) is 18.4 Å². The first-order valence-corrected chi connectivity index (χ1v) is 5.21. The molecule has 0 spiro atoms. The van der Waals surface area contributed by atoms with E-state index in [0.717, 1.165) is 12.8 Å². The largest absolute Gasteiger partial charge is 0.480 e. The zero-order valence-electron chi connectivity index (χ0n) is 8.11. The molecule has 0 radical (unpaired) electrons. The molecular formula is C11H12ClNO2. The lowest BCUT2D eigenvalue weighted by atomic mass is 9.86. The van der Waals surface area contributed by atoms with Gasteiger partial charge in [0.2, 0.25) is 0 Å². The fourth-order valence-electron chi connectivity index (χ4n) is 1.80. The van der Waals surface area contributed by atoms with Crippen LogP contribution in [0.4, 0.5) is 0 Å². The van der Waals surface area contributed by atoms with Gasteiger partial charge in [0.25, 0.3) is 0 Å². The Kier molecular flexibility index (Phi) is 2.44. The smallest absolute Gasteiger partial charge is 0.328 e. The molecule has 0 heterocycles.